The van der Waals surface area contributed by atoms with Crippen LogP contribution in [-0.2, 0) is 0 Å². The summed E-state index contributed by atoms with van der Waals surface area (Å²) < 4.78 is 16.5. The molecule has 0 aliphatic carbocycles. The molecule has 2 heterocycles. The molecule has 25 heavy (non-hydrogen) atoms. The Morgan fingerprint density at radius 3 is 2.76 bits per heavy atom. The molecule has 1 aromatic heterocycles. The standard InChI is InChI=1S/C18H15N3O4/c1-11-20-21-18(25-11)12-4-2-5-13(10-12)19-17(22)14-6-3-7-15-16(14)24-9-8-23-15/h2-7,10H,8-9H2,1H3,(H,19,22). The molecule has 0 bridgehead atoms. The Hall–Kier alpha value is -3.35. The summed E-state index contributed by atoms with van der Waals surface area (Å²) in [5.74, 6) is 1.66. The van der Waals surface area contributed by atoms with Crippen LogP contribution in [0, 0.1) is 6.92 Å². The van der Waals surface area contributed by atoms with Gasteiger partial charge in [0.15, 0.2) is 11.5 Å². The molecule has 1 N–H and O–H groups in total. The number of aryl methyl sites for hydroxylation is 1. The van der Waals surface area contributed by atoms with Crippen LogP contribution in [0.5, 0.6) is 11.5 Å². The van der Waals surface area contributed by atoms with Crippen molar-refractivity contribution in [3.63, 3.8) is 0 Å². The Balaban J connectivity index is 1.60. The Morgan fingerprint density at radius 1 is 1.08 bits per heavy atom. The summed E-state index contributed by atoms with van der Waals surface area (Å²) >= 11 is 0. The van der Waals surface area contributed by atoms with Gasteiger partial charge in [0.1, 0.15) is 13.2 Å². The van der Waals surface area contributed by atoms with Crippen LogP contribution in [-0.4, -0.2) is 29.3 Å². The normalized spacial score (nSPS) is 12.7. The van der Waals surface area contributed by atoms with Gasteiger partial charge in [-0.2, -0.15) is 0 Å². The zero-order valence-corrected chi connectivity index (χ0v) is 13.5. The number of anilines is 1. The van der Waals surface area contributed by atoms with Crippen LogP contribution in [0.4, 0.5) is 5.69 Å². The number of ether oxygens (including phenoxy) is 2. The van der Waals surface area contributed by atoms with Crippen molar-refractivity contribution < 1.29 is 18.7 Å². The van der Waals surface area contributed by atoms with E-state index in [0.29, 0.717) is 47.7 Å². The zero-order chi connectivity index (χ0) is 17.2. The van der Waals surface area contributed by atoms with Gasteiger partial charge in [-0.05, 0) is 30.3 Å². The SMILES string of the molecule is Cc1nnc(-c2cccc(NC(=O)c3cccc4c3OCCO4)c2)o1. The molecule has 0 fully saturated rings. The number of rotatable bonds is 3. The predicted octanol–water partition coefficient (Wildman–Crippen LogP) is 3.07. The van der Waals surface area contributed by atoms with Crippen molar-refractivity contribution in [2.45, 2.75) is 6.92 Å². The summed E-state index contributed by atoms with van der Waals surface area (Å²) in [6.45, 7) is 2.62. The maximum atomic E-state index is 12.6. The predicted molar refractivity (Wildman–Crippen MR) is 89.9 cm³/mol. The van der Waals surface area contributed by atoms with Crippen molar-refractivity contribution in [1.29, 1.82) is 0 Å². The van der Waals surface area contributed by atoms with Gasteiger partial charge in [-0.25, -0.2) is 0 Å². The number of hydrogen-bond acceptors (Lipinski definition) is 6. The number of nitrogens with one attached hydrogen (secondary N) is 1. The van der Waals surface area contributed by atoms with Crippen LogP contribution in [0.15, 0.2) is 46.9 Å². The molecule has 1 amide bonds. The van der Waals surface area contributed by atoms with E-state index >= 15 is 0 Å². The molecule has 0 unspecified atom stereocenters. The summed E-state index contributed by atoms with van der Waals surface area (Å²) in [6.07, 6.45) is 0. The monoisotopic (exact) mass is 337 g/mol. The summed E-state index contributed by atoms with van der Waals surface area (Å²) in [4.78, 5) is 12.6. The minimum absolute atomic E-state index is 0.277. The van der Waals surface area contributed by atoms with Crippen LogP contribution in [0.1, 0.15) is 16.2 Å². The first-order valence-corrected chi connectivity index (χ1v) is 7.81. The van der Waals surface area contributed by atoms with E-state index in [1.165, 1.54) is 0 Å². The van der Waals surface area contributed by atoms with Gasteiger partial charge >= 0.3 is 0 Å². The summed E-state index contributed by atoms with van der Waals surface area (Å²) in [7, 11) is 0. The molecule has 2 aromatic carbocycles. The number of hydrogen-bond donors (Lipinski definition) is 1. The molecule has 7 nitrogen and oxygen atoms in total. The highest BCUT2D eigenvalue weighted by Crippen LogP contribution is 2.34. The van der Waals surface area contributed by atoms with Gasteiger partial charge in [0.05, 0.1) is 5.56 Å². The second kappa shape index (κ2) is 6.27. The van der Waals surface area contributed by atoms with Crippen LogP contribution in [0.25, 0.3) is 11.5 Å². The van der Waals surface area contributed by atoms with Crippen molar-refractivity contribution >= 4 is 11.6 Å². The van der Waals surface area contributed by atoms with Crippen molar-refractivity contribution in [1.82, 2.24) is 10.2 Å². The number of para-hydroxylation sites is 1. The second-order valence-electron chi connectivity index (χ2n) is 5.49. The van der Waals surface area contributed by atoms with Gasteiger partial charge < -0.3 is 19.2 Å². The maximum absolute atomic E-state index is 12.6. The third-order valence-electron chi connectivity index (χ3n) is 3.70. The number of carbonyl (C=O) groups excluding carboxylic acids is 1. The van der Waals surface area contributed by atoms with E-state index in [0.717, 1.165) is 5.56 Å². The molecular weight excluding hydrogens is 322 g/mol. The van der Waals surface area contributed by atoms with Gasteiger partial charge in [-0.15, -0.1) is 10.2 Å². The first kappa shape index (κ1) is 15.2. The highest BCUT2D eigenvalue weighted by Gasteiger charge is 2.20. The van der Waals surface area contributed by atoms with E-state index in [9.17, 15) is 4.79 Å². The fraction of sp³-hybridized carbons (Fsp3) is 0.167. The second-order valence-corrected chi connectivity index (χ2v) is 5.49. The molecule has 0 saturated heterocycles. The van der Waals surface area contributed by atoms with Crippen molar-refractivity contribution in [3.05, 3.63) is 53.9 Å². The fourth-order valence-corrected chi connectivity index (χ4v) is 2.59. The topological polar surface area (TPSA) is 86.5 Å². The number of fused-ring (bicyclic) bond motifs is 1. The lowest BCUT2D eigenvalue weighted by atomic mass is 10.1. The average molecular weight is 337 g/mol. The molecule has 0 atom stereocenters. The van der Waals surface area contributed by atoms with Crippen molar-refractivity contribution in [3.8, 4) is 23.0 Å². The largest absolute Gasteiger partial charge is 0.486 e. The van der Waals surface area contributed by atoms with Crippen LogP contribution < -0.4 is 14.8 Å². The van der Waals surface area contributed by atoms with Crippen LogP contribution in [0.2, 0.25) is 0 Å². The van der Waals surface area contributed by atoms with E-state index in [-0.39, 0.29) is 5.91 Å². The first-order valence-electron chi connectivity index (χ1n) is 7.81. The van der Waals surface area contributed by atoms with E-state index < -0.39 is 0 Å². The molecule has 1 aliphatic heterocycles. The number of benzene rings is 2. The van der Waals surface area contributed by atoms with Gasteiger partial charge in [-0.1, -0.05) is 12.1 Å². The first-order chi connectivity index (χ1) is 12.2. The fourth-order valence-electron chi connectivity index (χ4n) is 2.59. The number of amides is 1. The maximum Gasteiger partial charge on any atom is 0.259 e. The molecule has 7 heteroatoms. The lowest BCUT2D eigenvalue weighted by Gasteiger charge is -2.20. The Bertz CT molecular complexity index is 936. The molecule has 4 rings (SSSR count). The quantitative estimate of drug-likeness (QED) is 0.790. The average Bonchev–Trinajstić information content (AvgIpc) is 3.08. The molecule has 3 aromatic rings. The summed E-state index contributed by atoms with van der Waals surface area (Å²) in [6, 6.07) is 12.5. The number of aromatic nitrogens is 2. The van der Waals surface area contributed by atoms with Gasteiger partial charge in [0, 0.05) is 18.2 Å². The lowest BCUT2D eigenvalue weighted by Crippen LogP contribution is -2.20. The third-order valence-corrected chi connectivity index (χ3v) is 3.70. The minimum Gasteiger partial charge on any atom is -0.486 e. The third kappa shape index (κ3) is 3.03. The van der Waals surface area contributed by atoms with E-state index in [1.807, 2.05) is 12.1 Å². The van der Waals surface area contributed by atoms with Gasteiger partial charge in [-0.3, -0.25) is 4.79 Å². The highest BCUT2D eigenvalue weighted by atomic mass is 16.6. The number of carbonyl (C=O) groups is 1. The van der Waals surface area contributed by atoms with E-state index in [4.69, 9.17) is 13.9 Å². The molecule has 0 saturated carbocycles. The highest BCUT2D eigenvalue weighted by molar-refractivity contribution is 6.07. The van der Waals surface area contributed by atoms with E-state index in [1.54, 1.807) is 37.3 Å². The van der Waals surface area contributed by atoms with Gasteiger partial charge in [0.2, 0.25) is 11.8 Å². The summed E-state index contributed by atoms with van der Waals surface area (Å²) in [5.41, 5.74) is 1.77. The summed E-state index contributed by atoms with van der Waals surface area (Å²) in [5, 5.41) is 10.7. The molecule has 0 radical (unpaired) electrons. The Kier molecular flexibility index (Phi) is 3.81. The Labute approximate surface area is 143 Å². The van der Waals surface area contributed by atoms with Crippen molar-refractivity contribution in [2.24, 2.45) is 0 Å². The molecule has 1 aliphatic rings. The minimum atomic E-state index is -0.277. The molecule has 126 valence electrons. The molecule has 0 spiro atoms. The molecular formula is C18H15N3O4. The van der Waals surface area contributed by atoms with Crippen molar-refractivity contribution in [2.75, 3.05) is 18.5 Å². The zero-order valence-electron chi connectivity index (χ0n) is 13.5. The van der Waals surface area contributed by atoms with Gasteiger partial charge in [0.25, 0.3) is 5.91 Å². The number of nitrogens with zero attached hydrogens (tertiary/aromatic N) is 2. The van der Waals surface area contributed by atoms with Crippen LogP contribution >= 0.6 is 0 Å². The van der Waals surface area contributed by atoms with E-state index in [2.05, 4.69) is 15.5 Å². The lowest BCUT2D eigenvalue weighted by molar-refractivity contribution is 0.101. The Morgan fingerprint density at radius 2 is 1.92 bits per heavy atom. The van der Waals surface area contributed by atoms with Crippen LogP contribution in [0.3, 0.4) is 0 Å². The smallest absolute Gasteiger partial charge is 0.259 e.